The highest BCUT2D eigenvalue weighted by molar-refractivity contribution is 7.88. The lowest BCUT2D eigenvalue weighted by Gasteiger charge is -2.42. The number of rotatable bonds is 8. The van der Waals surface area contributed by atoms with E-state index >= 15 is 0 Å². The maximum Gasteiger partial charge on any atom is 0.211 e. The number of hydrogen-bond acceptors (Lipinski definition) is 5. The van der Waals surface area contributed by atoms with Gasteiger partial charge in [-0.3, -0.25) is 4.90 Å². The van der Waals surface area contributed by atoms with Gasteiger partial charge in [0, 0.05) is 43.2 Å². The normalized spacial score (nSPS) is 26.3. The second kappa shape index (κ2) is 10.9. The second-order valence-electron chi connectivity index (χ2n) is 12.0. The first kappa shape index (κ1) is 27.6. The van der Waals surface area contributed by atoms with E-state index in [2.05, 4.69) is 33.5 Å². The van der Waals surface area contributed by atoms with Crippen molar-refractivity contribution in [1.82, 2.24) is 24.0 Å². The molecule has 4 atom stereocenters. The van der Waals surface area contributed by atoms with Crippen LogP contribution in [0.1, 0.15) is 93.9 Å². The number of halogens is 2. The molecule has 3 saturated heterocycles. The first-order valence-electron chi connectivity index (χ1n) is 14.1. The molecule has 0 N–H and O–H groups in total. The summed E-state index contributed by atoms with van der Waals surface area (Å²) in [6, 6.07) is 5.25. The van der Waals surface area contributed by atoms with Gasteiger partial charge in [0.25, 0.3) is 0 Å². The largest absolute Gasteiger partial charge is 0.312 e. The number of nitrogens with zero attached hydrogens (tertiary/aromatic N) is 5. The number of hydrogen-bond donors (Lipinski definition) is 0. The topological polar surface area (TPSA) is 71.3 Å². The van der Waals surface area contributed by atoms with Crippen LogP contribution >= 0.6 is 0 Å². The zero-order valence-corrected chi connectivity index (χ0v) is 23.8. The van der Waals surface area contributed by atoms with Crippen molar-refractivity contribution in [3.05, 3.63) is 47.0 Å². The van der Waals surface area contributed by atoms with Crippen molar-refractivity contribution in [3.8, 4) is 0 Å². The van der Waals surface area contributed by atoms with Crippen molar-refractivity contribution in [3.63, 3.8) is 0 Å². The summed E-state index contributed by atoms with van der Waals surface area (Å²) in [5.74, 6) is 1.46. The van der Waals surface area contributed by atoms with Gasteiger partial charge in [-0.15, -0.1) is 10.2 Å². The van der Waals surface area contributed by atoms with Crippen LogP contribution in [0, 0.1) is 24.5 Å². The van der Waals surface area contributed by atoms with Crippen LogP contribution < -0.4 is 0 Å². The maximum atomic E-state index is 14.3. The van der Waals surface area contributed by atoms with Gasteiger partial charge in [0.15, 0.2) is 0 Å². The van der Waals surface area contributed by atoms with Crippen LogP contribution in [-0.4, -0.2) is 70.4 Å². The molecular formula is C28H41F2N5O2S. The Bertz CT molecular complexity index is 1210. The Balaban J connectivity index is 1.31. The van der Waals surface area contributed by atoms with E-state index in [1.54, 1.807) is 0 Å². The minimum atomic E-state index is -3.23. The molecule has 4 heterocycles. The summed E-state index contributed by atoms with van der Waals surface area (Å²) in [5, 5.41) is 8.84. The Labute approximate surface area is 225 Å². The van der Waals surface area contributed by atoms with Gasteiger partial charge in [0.1, 0.15) is 23.3 Å². The summed E-state index contributed by atoms with van der Waals surface area (Å²) in [5.41, 5.74) is 0.698. The molecule has 1 aromatic heterocycles. The molecule has 38 heavy (non-hydrogen) atoms. The summed E-state index contributed by atoms with van der Waals surface area (Å²) in [7, 11) is -3.23. The monoisotopic (exact) mass is 549 g/mol. The maximum absolute atomic E-state index is 14.3. The lowest BCUT2D eigenvalue weighted by atomic mass is 9.78. The molecule has 0 amide bonds. The van der Waals surface area contributed by atoms with Crippen LogP contribution in [0.4, 0.5) is 8.78 Å². The third kappa shape index (κ3) is 5.68. The van der Waals surface area contributed by atoms with Gasteiger partial charge < -0.3 is 4.57 Å². The molecule has 3 aliphatic heterocycles. The molecule has 210 valence electrons. The Morgan fingerprint density at radius 3 is 2.11 bits per heavy atom. The van der Waals surface area contributed by atoms with Crippen LogP contribution in [0.15, 0.2) is 18.2 Å². The molecule has 0 radical (unpaired) electrons. The average molecular weight is 550 g/mol. The number of piperidine rings is 2. The highest BCUT2D eigenvalue weighted by atomic mass is 32.2. The van der Waals surface area contributed by atoms with Gasteiger partial charge in [-0.05, 0) is 87.9 Å². The first-order valence-corrected chi connectivity index (χ1v) is 15.9. The first-order chi connectivity index (χ1) is 18.0. The molecule has 0 unspecified atom stereocenters. The number of fused-ring (bicyclic) bond motifs is 2. The quantitative estimate of drug-likeness (QED) is 0.463. The van der Waals surface area contributed by atoms with Crippen molar-refractivity contribution < 1.29 is 17.2 Å². The molecule has 5 rings (SSSR count). The predicted molar refractivity (Wildman–Crippen MR) is 143 cm³/mol. The Hall–Kier alpha value is -1.91. The smallest absolute Gasteiger partial charge is 0.211 e. The number of benzene rings is 1. The number of aromatic nitrogens is 3. The molecular weight excluding hydrogens is 508 g/mol. The SMILES string of the molecule is Cc1nnc(C(C)C)n1[C@@H]1C[C@H]2CC[C@@H](C1)N2CC[C@@H](c1cc(F)cc(F)c1)C1CCN(S(C)(=O)=O)CC1. The minimum Gasteiger partial charge on any atom is -0.312 e. The van der Waals surface area contributed by atoms with Gasteiger partial charge >= 0.3 is 0 Å². The number of aryl methyl sites for hydroxylation is 1. The summed E-state index contributed by atoms with van der Waals surface area (Å²) in [6.45, 7) is 8.19. The fraction of sp³-hybridized carbons (Fsp3) is 0.714. The molecule has 3 fully saturated rings. The molecule has 0 spiro atoms. The average Bonchev–Trinajstić information content (AvgIpc) is 3.34. The molecule has 3 aliphatic rings. The van der Waals surface area contributed by atoms with E-state index < -0.39 is 21.7 Å². The summed E-state index contributed by atoms with van der Waals surface area (Å²) in [6.07, 6.45) is 7.95. The van der Waals surface area contributed by atoms with E-state index in [-0.39, 0.29) is 11.8 Å². The Kier molecular flexibility index (Phi) is 7.95. The highest BCUT2D eigenvalue weighted by Crippen LogP contribution is 2.44. The number of sulfonamides is 1. The molecule has 0 saturated carbocycles. The molecule has 1 aromatic carbocycles. The van der Waals surface area contributed by atoms with Crippen molar-refractivity contribution >= 4 is 10.0 Å². The van der Waals surface area contributed by atoms with E-state index in [0.717, 1.165) is 43.5 Å². The summed E-state index contributed by atoms with van der Waals surface area (Å²) < 4.78 is 56.5. The van der Waals surface area contributed by atoms with Gasteiger partial charge in [-0.25, -0.2) is 21.5 Å². The standard InChI is InChI=1S/C28H41F2N5O2S/c1-18(2)28-32-31-19(3)35(28)26-16-24-5-6-25(17-26)34(24)12-9-27(21-13-22(29)15-23(30)14-21)20-7-10-33(11-8-20)38(4,36)37/h13-15,18,20,24-27H,5-12,16-17H2,1-4H3/t24-,25+,26-,27-/m1/s1. The zero-order chi connectivity index (χ0) is 27.2. The third-order valence-corrected chi connectivity index (χ3v) is 10.5. The van der Waals surface area contributed by atoms with E-state index in [4.69, 9.17) is 0 Å². The van der Waals surface area contributed by atoms with Gasteiger partial charge in [0.05, 0.1) is 6.26 Å². The fourth-order valence-corrected chi connectivity index (χ4v) is 8.29. The fourth-order valence-electron chi connectivity index (χ4n) is 7.41. The van der Waals surface area contributed by atoms with Crippen molar-refractivity contribution in [2.24, 2.45) is 5.92 Å². The van der Waals surface area contributed by atoms with E-state index in [1.807, 2.05) is 6.92 Å². The van der Waals surface area contributed by atoms with Gasteiger partial charge in [-0.1, -0.05) is 13.8 Å². The predicted octanol–water partition coefficient (Wildman–Crippen LogP) is 5.00. The molecule has 0 aliphatic carbocycles. The van der Waals surface area contributed by atoms with Crippen LogP contribution in [0.3, 0.4) is 0 Å². The summed E-state index contributed by atoms with van der Waals surface area (Å²) >= 11 is 0. The van der Waals surface area contributed by atoms with Crippen molar-refractivity contribution in [2.45, 2.75) is 95.7 Å². The molecule has 7 nitrogen and oxygen atoms in total. The lowest BCUT2D eigenvalue weighted by Crippen LogP contribution is -2.45. The molecule has 2 bridgehead atoms. The van der Waals surface area contributed by atoms with Gasteiger partial charge in [0.2, 0.25) is 10.0 Å². The van der Waals surface area contributed by atoms with Crippen LogP contribution in [0.5, 0.6) is 0 Å². The van der Waals surface area contributed by atoms with E-state index in [1.165, 1.54) is 35.5 Å². The van der Waals surface area contributed by atoms with Crippen LogP contribution in [0.2, 0.25) is 0 Å². The van der Waals surface area contributed by atoms with Gasteiger partial charge in [-0.2, -0.15) is 0 Å². The Morgan fingerprint density at radius 1 is 0.947 bits per heavy atom. The van der Waals surface area contributed by atoms with Crippen LogP contribution in [0.25, 0.3) is 0 Å². The molecule has 2 aromatic rings. The molecule has 10 heteroatoms. The summed E-state index contributed by atoms with van der Waals surface area (Å²) in [4.78, 5) is 2.64. The highest BCUT2D eigenvalue weighted by Gasteiger charge is 2.42. The lowest BCUT2D eigenvalue weighted by molar-refractivity contribution is 0.0962. The zero-order valence-electron chi connectivity index (χ0n) is 23.0. The van der Waals surface area contributed by atoms with Crippen molar-refractivity contribution in [1.29, 1.82) is 0 Å². The minimum absolute atomic E-state index is 0.00771. The van der Waals surface area contributed by atoms with E-state index in [9.17, 15) is 17.2 Å². The second-order valence-corrected chi connectivity index (χ2v) is 14.0. The van der Waals surface area contributed by atoms with E-state index in [0.29, 0.717) is 55.5 Å². The van der Waals surface area contributed by atoms with Crippen LogP contribution in [-0.2, 0) is 10.0 Å². The third-order valence-electron chi connectivity index (χ3n) is 9.18. The Morgan fingerprint density at radius 2 is 1.55 bits per heavy atom. The van der Waals surface area contributed by atoms with Crippen molar-refractivity contribution in [2.75, 3.05) is 25.9 Å².